The maximum atomic E-state index is 10.8. The molecule has 0 fully saturated rings. The lowest BCUT2D eigenvalue weighted by Crippen LogP contribution is -1.92. The third kappa shape index (κ3) is 8.28. The summed E-state index contributed by atoms with van der Waals surface area (Å²) >= 11 is 0. The van der Waals surface area contributed by atoms with Crippen LogP contribution in [-0.4, -0.2) is 10.2 Å². The van der Waals surface area contributed by atoms with Crippen molar-refractivity contribution in [3.05, 3.63) is 82.0 Å². The molecule has 0 bridgehead atoms. The Bertz CT molecular complexity index is 1060. The van der Waals surface area contributed by atoms with Gasteiger partial charge in [0.1, 0.15) is 11.5 Å². The second kappa shape index (κ2) is 13.1. The average Bonchev–Trinajstić information content (AvgIpc) is 2.77. The average molecular weight is 447 g/mol. The highest BCUT2D eigenvalue weighted by Gasteiger charge is 2.14. The molecule has 178 valence electrons. The molecule has 0 heterocycles. The fraction of sp³-hybridized carbons (Fsp3) is 0.419. The summed E-state index contributed by atoms with van der Waals surface area (Å²) in [5.41, 5.74) is 7.20. The monoisotopic (exact) mass is 446 g/mol. The van der Waals surface area contributed by atoms with Crippen LogP contribution in [0.15, 0.2) is 70.9 Å². The van der Waals surface area contributed by atoms with Crippen LogP contribution in [0.1, 0.15) is 84.3 Å². The number of allylic oxidation sites excluding steroid dienone is 8. The maximum absolute atomic E-state index is 10.8. The number of hydrogen-bond acceptors (Lipinski definition) is 2. The zero-order valence-electron chi connectivity index (χ0n) is 21.5. The second-order valence-corrected chi connectivity index (χ2v) is 9.60. The zero-order valence-corrected chi connectivity index (χ0v) is 21.5. The SMILES string of the molecule is CC(C)=CCC/C(C)=C\CC/C(C)=C\CC/C(C)=C/Cc1c(C)c(O)c2ccccc2c1O. The van der Waals surface area contributed by atoms with Crippen molar-refractivity contribution in [1.29, 1.82) is 0 Å². The van der Waals surface area contributed by atoms with Gasteiger partial charge < -0.3 is 10.2 Å². The van der Waals surface area contributed by atoms with Crippen LogP contribution in [0, 0.1) is 6.92 Å². The van der Waals surface area contributed by atoms with Crippen molar-refractivity contribution in [2.24, 2.45) is 0 Å². The second-order valence-electron chi connectivity index (χ2n) is 9.60. The van der Waals surface area contributed by atoms with E-state index in [0.717, 1.165) is 49.7 Å². The van der Waals surface area contributed by atoms with Crippen molar-refractivity contribution in [2.75, 3.05) is 0 Å². The fourth-order valence-electron chi connectivity index (χ4n) is 4.09. The minimum atomic E-state index is 0.268. The van der Waals surface area contributed by atoms with Gasteiger partial charge in [-0.1, -0.05) is 70.9 Å². The number of benzene rings is 2. The molecule has 0 amide bonds. The van der Waals surface area contributed by atoms with Crippen LogP contribution in [0.25, 0.3) is 10.8 Å². The Labute approximate surface area is 201 Å². The van der Waals surface area contributed by atoms with E-state index in [1.165, 1.54) is 22.3 Å². The highest BCUT2D eigenvalue weighted by molar-refractivity contribution is 5.95. The minimum Gasteiger partial charge on any atom is -0.507 e. The molecule has 0 saturated heterocycles. The Hall–Kier alpha value is -2.74. The van der Waals surface area contributed by atoms with Gasteiger partial charge in [0.25, 0.3) is 0 Å². The van der Waals surface area contributed by atoms with Crippen LogP contribution < -0.4 is 0 Å². The molecule has 0 unspecified atom stereocenters. The van der Waals surface area contributed by atoms with Gasteiger partial charge in [-0.15, -0.1) is 0 Å². The van der Waals surface area contributed by atoms with Gasteiger partial charge in [0.2, 0.25) is 0 Å². The summed E-state index contributed by atoms with van der Waals surface area (Å²) in [7, 11) is 0. The van der Waals surface area contributed by atoms with Gasteiger partial charge in [0, 0.05) is 16.3 Å². The first-order valence-electron chi connectivity index (χ1n) is 12.2. The molecular formula is C31H42O2. The third-order valence-corrected chi connectivity index (χ3v) is 6.34. The summed E-state index contributed by atoms with van der Waals surface area (Å²) in [4.78, 5) is 0. The standard InChI is InChI=1S/C31H42O2/c1-22(2)12-9-13-23(3)14-10-15-24(4)16-11-17-25(5)20-21-27-26(6)30(32)28-18-7-8-19-29(28)31(27)33/h7-8,12,14,16,18-20,32-33H,9-11,13,15,17,21H2,1-6H3/b23-14-,24-16-,25-20+. The van der Waals surface area contributed by atoms with Crippen molar-refractivity contribution in [2.45, 2.75) is 86.5 Å². The van der Waals surface area contributed by atoms with Crippen LogP contribution >= 0.6 is 0 Å². The first kappa shape index (κ1) is 26.5. The molecule has 2 aromatic carbocycles. The summed E-state index contributed by atoms with van der Waals surface area (Å²) in [5, 5.41) is 22.7. The fourth-order valence-corrected chi connectivity index (χ4v) is 4.09. The van der Waals surface area contributed by atoms with Crippen LogP contribution in [0.4, 0.5) is 0 Å². The molecule has 2 heteroatoms. The lowest BCUT2D eigenvalue weighted by atomic mass is 9.95. The van der Waals surface area contributed by atoms with E-state index < -0.39 is 0 Å². The molecule has 0 saturated carbocycles. The zero-order chi connectivity index (χ0) is 24.4. The Morgan fingerprint density at radius 2 is 1.12 bits per heavy atom. The number of aromatic hydroxyl groups is 2. The van der Waals surface area contributed by atoms with E-state index in [1.54, 1.807) is 0 Å². The van der Waals surface area contributed by atoms with Gasteiger partial charge in [-0.2, -0.15) is 0 Å². The largest absolute Gasteiger partial charge is 0.507 e. The molecule has 0 aliphatic carbocycles. The van der Waals surface area contributed by atoms with Crippen molar-refractivity contribution in [3.63, 3.8) is 0 Å². The molecular weight excluding hydrogens is 404 g/mol. The molecule has 2 aromatic rings. The van der Waals surface area contributed by atoms with E-state index in [-0.39, 0.29) is 11.5 Å². The van der Waals surface area contributed by atoms with Gasteiger partial charge in [-0.25, -0.2) is 0 Å². The van der Waals surface area contributed by atoms with E-state index >= 15 is 0 Å². The molecule has 2 rings (SSSR count). The lowest BCUT2D eigenvalue weighted by Gasteiger charge is -2.13. The molecule has 2 nitrogen and oxygen atoms in total. The predicted octanol–water partition coefficient (Wildman–Crippen LogP) is 9.25. The Balaban J connectivity index is 1.87. The lowest BCUT2D eigenvalue weighted by molar-refractivity contribution is 0.461. The summed E-state index contributed by atoms with van der Waals surface area (Å²) in [6.07, 6.45) is 16.4. The quantitative estimate of drug-likeness (QED) is 0.267. The van der Waals surface area contributed by atoms with E-state index in [0.29, 0.717) is 17.2 Å². The van der Waals surface area contributed by atoms with Gasteiger partial charge in [0.05, 0.1) is 0 Å². The third-order valence-electron chi connectivity index (χ3n) is 6.34. The van der Waals surface area contributed by atoms with Crippen molar-refractivity contribution in [3.8, 4) is 11.5 Å². The highest BCUT2D eigenvalue weighted by Crippen LogP contribution is 2.39. The van der Waals surface area contributed by atoms with Crippen LogP contribution in [-0.2, 0) is 6.42 Å². The normalized spacial score (nSPS) is 13.0. The smallest absolute Gasteiger partial charge is 0.127 e. The van der Waals surface area contributed by atoms with Crippen LogP contribution in [0.2, 0.25) is 0 Å². The molecule has 0 aromatic heterocycles. The van der Waals surface area contributed by atoms with Crippen molar-refractivity contribution in [1.82, 2.24) is 0 Å². The van der Waals surface area contributed by atoms with Gasteiger partial charge in [-0.3, -0.25) is 0 Å². The summed E-state index contributed by atoms with van der Waals surface area (Å²) < 4.78 is 0. The van der Waals surface area contributed by atoms with Crippen molar-refractivity contribution >= 4 is 10.8 Å². The number of fused-ring (bicyclic) bond motifs is 1. The first-order chi connectivity index (χ1) is 15.7. The van der Waals surface area contributed by atoms with Gasteiger partial charge in [-0.05, 0) is 92.1 Å². The van der Waals surface area contributed by atoms with E-state index in [4.69, 9.17) is 0 Å². The van der Waals surface area contributed by atoms with E-state index in [2.05, 4.69) is 58.9 Å². The summed E-state index contributed by atoms with van der Waals surface area (Å²) in [6.45, 7) is 12.8. The molecule has 0 atom stereocenters. The predicted molar refractivity (Wildman–Crippen MR) is 144 cm³/mol. The van der Waals surface area contributed by atoms with Crippen molar-refractivity contribution < 1.29 is 10.2 Å². The topological polar surface area (TPSA) is 40.5 Å². The summed E-state index contributed by atoms with van der Waals surface area (Å²) in [6, 6.07) is 7.47. The Morgan fingerprint density at radius 1 is 0.667 bits per heavy atom. The maximum Gasteiger partial charge on any atom is 0.127 e. The number of rotatable bonds is 11. The molecule has 0 aliphatic rings. The molecule has 2 N–H and O–H groups in total. The van der Waals surface area contributed by atoms with Gasteiger partial charge >= 0.3 is 0 Å². The molecule has 0 aliphatic heterocycles. The number of phenols is 2. The highest BCUT2D eigenvalue weighted by atomic mass is 16.3. The Morgan fingerprint density at radius 3 is 1.64 bits per heavy atom. The molecule has 0 spiro atoms. The molecule has 0 radical (unpaired) electrons. The van der Waals surface area contributed by atoms with E-state index in [9.17, 15) is 10.2 Å². The van der Waals surface area contributed by atoms with Crippen LogP contribution in [0.3, 0.4) is 0 Å². The first-order valence-corrected chi connectivity index (χ1v) is 12.2. The number of phenolic OH excluding ortho intramolecular Hbond substituents is 2. The van der Waals surface area contributed by atoms with Crippen LogP contribution in [0.5, 0.6) is 11.5 Å². The number of hydrogen-bond donors (Lipinski definition) is 2. The summed E-state index contributed by atoms with van der Waals surface area (Å²) in [5.74, 6) is 0.550. The van der Waals surface area contributed by atoms with E-state index in [1.807, 2.05) is 31.2 Å². The molecule has 33 heavy (non-hydrogen) atoms. The Kier molecular flexibility index (Phi) is 10.5. The van der Waals surface area contributed by atoms with Gasteiger partial charge in [0.15, 0.2) is 0 Å². The minimum absolute atomic E-state index is 0.268.